The summed E-state index contributed by atoms with van der Waals surface area (Å²) in [7, 11) is 1.66. The van der Waals surface area contributed by atoms with Gasteiger partial charge in [-0.2, -0.15) is 13.2 Å². The van der Waals surface area contributed by atoms with Crippen molar-refractivity contribution in [2.75, 3.05) is 6.61 Å². The third kappa shape index (κ3) is 4.67. The van der Waals surface area contributed by atoms with Gasteiger partial charge in [0.15, 0.2) is 0 Å². The van der Waals surface area contributed by atoms with E-state index >= 15 is 0 Å². The fourth-order valence-electron chi connectivity index (χ4n) is 3.10. The Labute approximate surface area is 167 Å². The molecule has 0 saturated carbocycles. The second kappa shape index (κ2) is 7.63. The SMILES string of the molecule is Cn1c(=O)c(C(COC(C)(C)C)c2ccc(C(F)(F)F)cc2)nc2ccccc21. The molecule has 0 N–H and O–H groups in total. The largest absolute Gasteiger partial charge is 0.416 e. The minimum Gasteiger partial charge on any atom is -0.375 e. The van der Waals surface area contributed by atoms with Gasteiger partial charge in [-0.25, -0.2) is 4.98 Å². The second-order valence-corrected chi connectivity index (χ2v) is 7.95. The Morgan fingerprint density at radius 2 is 1.66 bits per heavy atom. The van der Waals surface area contributed by atoms with Gasteiger partial charge >= 0.3 is 6.18 Å². The molecule has 29 heavy (non-hydrogen) atoms. The van der Waals surface area contributed by atoms with E-state index in [2.05, 4.69) is 4.98 Å². The van der Waals surface area contributed by atoms with Crippen molar-refractivity contribution in [3.05, 3.63) is 75.7 Å². The molecule has 3 rings (SSSR count). The molecule has 1 heterocycles. The van der Waals surface area contributed by atoms with Crippen LogP contribution in [0.25, 0.3) is 11.0 Å². The highest BCUT2D eigenvalue weighted by Gasteiger charge is 2.31. The van der Waals surface area contributed by atoms with E-state index in [1.165, 1.54) is 16.7 Å². The molecule has 0 spiro atoms. The quantitative estimate of drug-likeness (QED) is 0.621. The van der Waals surface area contributed by atoms with E-state index in [9.17, 15) is 18.0 Å². The summed E-state index contributed by atoms with van der Waals surface area (Å²) in [5.74, 6) is -0.597. The Kier molecular flexibility index (Phi) is 5.54. The van der Waals surface area contributed by atoms with Crippen LogP contribution >= 0.6 is 0 Å². The zero-order valence-electron chi connectivity index (χ0n) is 16.7. The van der Waals surface area contributed by atoms with Crippen molar-refractivity contribution in [2.24, 2.45) is 7.05 Å². The molecule has 2 aromatic carbocycles. The minimum absolute atomic E-state index is 0.120. The lowest BCUT2D eigenvalue weighted by Crippen LogP contribution is -2.30. The van der Waals surface area contributed by atoms with Gasteiger partial charge in [0, 0.05) is 7.05 Å². The van der Waals surface area contributed by atoms with Crippen molar-refractivity contribution >= 4 is 11.0 Å². The molecule has 0 saturated heterocycles. The summed E-state index contributed by atoms with van der Waals surface area (Å²) < 4.78 is 46.2. The molecule has 1 atom stereocenters. The second-order valence-electron chi connectivity index (χ2n) is 7.95. The van der Waals surface area contributed by atoms with E-state index in [4.69, 9.17) is 4.74 Å². The Balaban J connectivity index is 2.12. The number of benzene rings is 2. The monoisotopic (exact) mass is 404 g/mol. The van der Waals surface area contributed by atoms with Crippen LogP contribution in [-0.2, 0) is 18.0 Å². The van der Waals surface area contributed by atoms with Crippen molar-refractivity contribution < 1.29 is 17.9 Å². The van der Waals surface area contributed by atoms with E-state index < -0.39 is 23.3 Å². The molecule has 7 heteroatoms. The number of para-hydroxylation sites is 2. The average molecular weight is 404 g/mol. The third-order valence-corrected chi connectivity index (χ3v) is 4.66. The normalized spacial score (nSPS) is 13.6. The summed E-state index contributed by atoms with van der Waals surface area (Å²) in [4.78, 5) is 17.6. The molecule has 0 aliphatic carbocycles. The Bertz CT molecular complexity index is 1060. The first-order valence-electron chi connectivity index (χ1n) is 9.24. The van der Waals surface area contributed by atoms with Gasteiger partial charge in [-0.1, -0.05) is 24.3 Å². The van der Waals surface area contributed by atoms with Crippen LogP contribution in [0.4, 0.5) is 13.2 Å². The van der Waals surface area contributed by atoms with Gasteiger partial charge in [0.05, 0.1) is 34.7 Å². The van der Waals surface area contributed by atoms with Gasteiger partial charge in [0.25, 0.3) is 5.56 Å². The molecular formula is C22H23F3N2O2. The fourth-order valence-corrected chi connectivity index (χ4v) is 3.10. The van der Waals surface area contributed by atoms with Crippen LogP contribution in [-0.4, -0.2) is 21.8 Å². The van der Waals surface area contributed by atoms with Gasteiger partial charge in [-0.15, -0.1) is 0 Å². The number of alkyl halides is 3. The lowest BCUT2D eigenvalue weighted by molar-refractivity contribution is -0.137. The Hall–Kier alpha value is -2.67. The molecule has 0 fully saturated rings. The molecule has 4 nitrogen and oxygen atoms in total. The molecule has 1 aromatic heterocycles. The van der Waals surface area contributed by atoms with Crippen LogP contribution < -0.4 is 5.56 Å². The molecule has 0 bridgehead atoms. The third-order valence-electron chi connectivity index (χ3n) is 4.66. The number of rotatable bonds is 4. The fraction of sp³-hybridized carbons (Fsp3) is 0.364. The average Bonchev–Trinajstić information content (AvgIpc) is 2.64. The molecule has 0 aliphatic heterocycles. The van der Waals surface area contributed by atoms with Gasteiger partial charge in [0.2, 0.25) is 0 Å². The van der Waals surface area contributed by atoms with Crippen molar-refractivity contribution in [3.63, 3.8) is 0 Å². The van der Waals surface area contributed by atoms with Crippen LogP contribution in [0.5, 0.6) is 0 Å². The van der Waals surface area contributed by atoms with Crippen LogP contribution in [0.2, 0.25) is 0 Å². The summed E-state index contributed by atoms with van der Waals surface area (Å²) in [5, 5.41) is 0. The molecule has 0 radical (unpaired) electrons. The zero-order valence-corrected chi connectivity index (χ0v) is 16.7. The molecule has 1 unspecified atom stereocenters. The highest BCUT2D eigenvalue weighted by Crippen LogP contribution is 2.31. The maximum absolute atomic E-state index is 13.0. The van der Waals surface area contributed by atoms with E-state index in [-0.39, 0.29) is 17.9 Å². The van der Waals surface area contributed by atoms with Crippen LogP contribution in [0, 0.1) is 0 Å². The van der Waals surface area contributed by atoms with Crippen molar-refractivity contribution in [2.45, 2.75) is 38.5 Å². The van der Waals surface area contributed by atoms with Crippen LogP contribution in [0.15, 0.2) is 53.3 Å². The Morgan fingerprint density at radius 1 is 1.03 bits per heavy atom. The number of ether oxygens (including phenoxy) is 1. The van der Waals surface area contributed by atoms with E-state index in [1.54, 1.807) is 19.2 Å². The topological polar surface area (TPSA) is 44.1 Å². The molecule has 154 valence electrons. The summed E-state index contributed by atoms with van der Waals surface area (Å²) in [6.45, 7) is 5.75. The number of aromatic nitrogens is 2. The highest BCUT2D eigenvalue weighted by atomic mass is 19.4. The molecule has 0 aliphatic rings. The lowest BCUT2D eigenvalue weighted by Gasteiger charge is -2.25. The zero-order chi connectivity index (χ0) is 21.4. The number of hydrogen-bond acceptors (Lipinski definition) is 3. The van der Waals surface area contributed by atoms with Gasteiger partial charge < -0.3 is 9.30 Å². The molecule has 3 aromatic rings. The van der Waals surface area contributed by atoms with Crippen molar-refractivity contribution in [3.8, 4) is 0 Å². The number of hydrogen-bond donors (Lipinski definition) is 0. The summed E-state index contributed by atoms with van der Waals surface area (Å²) >= 11 is 0. The van der Waals surface area contributed by atoms with Gasteiger partial charge in [-0.05, 0) is 50.6 Å². The van der Waals surface area contributed by atoms with Gasteiger partial charge in [0.1, 0.15) is 5.69 Å². The predicted octanol–water partition coefficient (Wildman–Crippen LogP) is 4.90. The number of nitrogens with zero attached hydrogens (tertiary/aromatic N) is 2. The summed E-state index contributed by atoms with van der Waals surface area (Å²) in [6, 6.07) is 12.0. The van der Waals surface area contributed by atoms with E-state index in [0.29, 0.717) is 16.6 Å². The Morgan fingerprint density at radius 3 is 2.24 bits per heavy atom. The summed E-state index contributed by atoms with van der Waals surface area (Å²) in [5.41, 5.74) is 0.590. The first-order valence-corrected chi connectivity index (χ1v) is 9.24. The highest BCUT2D eigenvalue weighted by molar-refractivity contribution is 5.74. The van der Waals surface area contributed by atoms with Crippen molar-refractivity contribution in [1.29, 1.82) is 0 Å². The van der Waals surface area contributed by atoms with E-state index in [0.717, 1.165) is 12.1 Å². The predicted molar refractivity (Wildman–Crippen MR) is 106 cm³/mol. The lowest BCUT2D eigenvalue weighted by atomic mass is 9.95. The summed E-state index contributed by atoms with van der Waals surface area (Å²) in [6.07, 6.45) is -4.42. The smallest absolute Gasteiger partial charge is 0.375 e. The molecular weight excluding hydrogens is 381 g/mol. The van der Waals surface area contributed by atoms with Gasteiger partial charge in [-0.3, -0.25) is 4.79 Å². The first-order chi connectivity index (χ1) is 13.5. The minimum atomic E-state index is -4.42. The van der Waals surface area contributed by atoms with Crippen LogP contribution in [0.3, 0.4) is 0 Å². The van der Waals surface area contributed by atoms with Crippen LogP contribution in [0.1, 0.15) is 43.5 Å². The number of aryl methyl sites for hydroxylation is 1. The van der Waals surface area contributed by atoms with Crippen molar-refractivity contribution in [1.82, 2.24) is 9.55 Å². The van der Waals surface area contributed by atoms with E-state index in [1.807, 2.05) is 32.9 Å². The number of fused-ring (bicyclic) bond motifs is 1. The first kappa shape index (κ1) is 21.0. The molecule has 0 amide bonds. The number of halogens is 3. The standard InChI is InChI=1S/C22H23F3N2O2/c1-21(2,3)29-13-16(14-9-11-15(12-10-14)22(23,24)25)19-20(28)27(4)18-8-6-5-7-17(18)26-19/h5-12,16H,13H2,1-4H3. The maximum atomic E-state index is 13.0. The maximum Gasteiger partial charge on any atom is 0.416 e.